The first-order chi connectivity index (χ1) is 9.63. The second kappa shape index (κ2) is 6.81. The zero-order chi connectivity index (χ0) is 14.5. The van der Waals surface area contributed by atoms with E-state index in [0.717, 1.165) is 12.8 Å². The molecule has 0 spiro atoms. The first kappa shape index (κ1) is 14.9. The van der Waals surface area contributed by atoms with E-state index in [-0.39, 0.29) is 10.8 Å². The molecule has 1 atom stereocenters. The van der Waals surface area contributed by atoms with Gasteiger partial charge in [0.25, 0.3) is 0 Å². The molecule has 0 aliphatic heterocycles. The molecule has 0 bridgehead atoms. The van der Waals surface area contributed by atoms with E-state index in [1.165, 1.54) is 12.1 Å². The summed E-state index contributed by atoms with van der Waals surface area (Å²) in [5.74, 6) is 0.546. The van der Waals surface area contributed by atoms with Gasteiger partial charge in [0, 0.05) is 18.0 Å². The third-order valence-corrected chi connectivity index (χ3v) is 3.42. The van der Waals surface area contributed by atoms with Gasteiger partial charge in [-0.25, -0.2) is 4.39 Å². The van der Waals surface area contributed by atoms with Crippen molar-refractivity contribution < 1.29 is 8.91 Å². The number of benzene rings is 1. The van der Waals surface area contributed by atoms with E-state index in [2.05, 4.69) is 22.4 Å². The molecule has 0 radical (unpaired) electrons. The minimum Gasteiger partial charge on any atom is -0.339 e. The van der Waals surface area contributed by atoms with Gasteiger partial charge in [-0.05, 0) is 31.7 Å². The normalized spacial score (nSPS) is 12.6. The van der Waals surface area contributed by atoms with Crippen molar-refractivity contribution in [2.45, 2.75) is 32.2 Å². The van der Waals surface area contributed by atoms with Crippen molar-refractivity contribution in [3.63, 3.8) is 0 Å². The molecule has 6 heteroatoms. The Hall–Kier alpha value is -1.46. The quantitative estimate of drug-likeness (QED) is 0.887. The summed E-state index contributed by atoms with van der Waals surface area (Å²) >= 11 is 5.98. The van der Waals surface area contributed by atoms with Crippen LogP contribution in [-0.4, -0.2) is 23.2 Å². The highest BCUT2D eigenvalue weighted by Crippen LogP contribution is 2.26. The lowest BCUT2D eigenvalue weighted by molar-refractivity contribution is 0.356. The largest absolute Gasteiger partial charge is 0.339 e. The Kier molecular flexibility index (Phi) is 5.09. The van der Waals surface area contributed by atoms with Crippen LogP contribution in [0.3, 0.4) is 0 Å². The fourth-order valence-corrected chi connectivity index (χ4v) is 2.28. The van der Waals surface area contributed by atoms with Crippen LogP contribution in [0.25, 0.3) is 11.4 Å². The van der Waals surface area contributed by atoms with Gasteiger partial charge in [-0.1, -0.05) is 30.1 Å². The Labute approximate surface area is 122 Å². The van der Waals surface area contributed by atoms with Crippen molar-refractivity contribution in [1.82, 2.24) is 15.5 Å². The molecule has 20 heavy (non-hydrogen) atoms. The Balaban J connectivity index is 2.16. The average Bonchev–Trinajstić information content (AvgIpc) is 2.86. The fourth-order valence-electron chi connectivity index (χ4n) is 2.03. The molecule has 0 saturated carbocycles. The zero-order valence-corrected chi connectivity index (χ0v) is 12.2. The molecular weight excluding hydrogens is 281 g/mol. The van der Waals surface area contributed by atoms with Crippen LogP contribution in [0, 0.1) is 5.82 Å². The molecule has 1 heterocycles. The summed E-state index contributed by atoms with van der Waals surface area (Å²) in [4.78, 5) is 4.32. The van der Waals surface area contributed by atoms with Crippen LogP contribution in [0.5, 0.6) is 0 Å². The Morgan fingerprint density at radius 2 is 2.25 bits per heavy atom. The van der Waals surface area contributed by atoms with Crippen LogP contribution in [0.4, 0.5) is 4.39 Å². The van der Waals surface area contributed by atoms with Crippen LogP contribution in [0.1, 0.15) is 25.7 Å². The summed E-state index contributed by atoms with van der Waals surface area (Å²) in [6, 6.07) is 4.41. The summed E-state index contributed by atoms with van der Waals surface area (Å²) in [5.41, 5.74) is 0.569. The number of nitrogens with zero attached hydrogens (tertiary/aromatic N) is 2. The molecule has 1 aromatic heterocycles. The van der Waals surface area contributed by atoms with Crippen LogP contribution in [0.2, 0.25) is 5.02 Å². The van der Waals surface area contributed by atoms with Crippen molar-refractivity contribution in [2.24, 2.45) is 0 Å². The smallest absolute Gasteiger partial charge is 0.228 e. The molecule has 0 saturated heterocycles. The molecule has 2 aromatic rings. The van der Waals surface area contributed by atoms with Gasteiger partial charge in [-0.2, -0.15) is 4.98 Å². The summed E-state index contributed by atoms with van der Waals surface area (Å²) in [7, 11) is 1.91. The molecule has 108 valence electrons. The maximum atomic E-state index is 13.0. The number of aromatic nitrogens is 2. The van der Waals surface area contributed by atoms with Gasteiger partial charge in [0.05, 0.1) is 5.02 Å². The number of likely N-dealkylation sites (N-methyl/N-ethyl adjacent to an activating group) is 1. The summed E-state index contributed by atoms with van der Waals surface area (Å²) in [6.45, 7) is 2.13. The van der Waals surface area contributed by atoms with Crippen molar-refractivity contribution in [3.8, 4) is 11.4 Å². The van der Waals surface area contributed by atoms with E-state index in [0.29, 0.717) is 29.7 Å². The van der Waals surface area contributed by atoms with Gasteiger partial charge < -0.3 is 9.84 Å². The lowest BCUT2D eigenvalue weighted by Crippen LogP contribution is -2.27. The summed E-state index contributed by atoms with van der Waals surface area (Å²) < 4.78 is 18.2. The van der Waals surface area contributed by atoms with Gasteiger partial charge in [0.2, 0.25) is 11.7 Å². The van der Waals surface area contributed by atoms with Gasteiger partial charge >= 0.3 is 0 Å². The average molecular weight is 298 g/mol. The van der Waals surface area contributed by atoms with Crippen LogP contribution in [-0.2, 0) is 6.42 Å². The monoisotopic (exact) mass is 297 g/mol. The predicted molar refractivity (Wildman–Crippen MR) is 76.2 cm³/mol. The Bertz CT molecular complexity index is 573. The van der Waals surface area contributed by atoms with Crippen LogP contribution >= 0.6 is 11.6 Å². The number of nitrogens with one attached hydrogen (secondary N) is 1. The van der Waals surface area contributed by atoms with E-state index in [1.807, 2.05) is 7.05 Å². The summed E-state index contributed by atoms with van der Waals surface area (Å²) in [5, 5.41) is 7.39. The molecule has 4 nitrogen and oxygen atoms in total. The van der Waals surface area contributed by atoms with Gasteiger partial charge in [0.15, 0.2) is 0 Å². The van der Waals surface area contributed by atoms with Gasteiger partial charge in [-0.15, -0.1) is 0 Å². The molecule has 1 aromatic carbocycles. The Morgan fingerprint density at radius 3 is 2.90 bits per heavy atom. The third-order valence-electron chi connectivity index (χ3n) is 3.11. The highest BCUT2D eigenvalue weighted by atomic mass is 35.5. The minimum absolute atomic E-state index is 0.274. The minimum atomic E-state index is -0.388. The molecule has 0 amide bonds. The van der Waals surface area contributed by atoms with Crippen molar-refractivity contribution in [1.29, 1.82) is 0 Å². The number of halogens is 2. The van der Waals surface area contributed by atoms with E-state index in [9.17, 15) is 4.39 Å². The molecule has 2 rings (SSSR count). The molecule has 1 unspecified atom stereocenters. The third kappa shape index (κ3) is 3.55. The first-order valence-electron chi connectivity index (χ1n) is 6.59. The maximum absolute atomic E-state index is 13.0. The number of hydrogen-bond donors (Lipinski definition) is 1. The van der Waals surface area contributed by atoms with Gasteiger partial charge in [-0.3, -0.25) is 0 Å². The first-order valence-corrected chi connectivity index (χ1v) is 6.97. The van der Waals surface area contributed by atoms with Crippen molar-refractivity contribution >= 4 is 11.6 Å². The van der Waals surface area contributed by atoms with E-state index in [1.54, 1.807) is 6.07 Å². The fraction of sp³-hybridized carbons (Fsp3) is 0.429. The van der Waals surface area contributed by atoms with Crippen molar-refractivity contribution in [3.05, 3.63) is 34.9 Å². The highest BCUT2D eigenvalue weighted by Gasteiger charge is 2.15. The zero-order valence-electron chi connectivity index (χ0n) is 11.5. The molecular formula is C14H17ClFN3O. The standard InChI is InChI=1S/C14H17ClFN3O/c1-3-4-10(17-2)8-13-18-14(19-20-13)11-6-5-9(16)7-12(11)15/h5-7,10,17H,3-4,8H2,1-2H3. The highest BCUT2D eigenvalue weighted by molar-refractivity contribution is 6.33. The number of hydrogen-bond acceptors (Lipinski definition) is 4. The summed E-state index contributed by atoms with van der Waals surface area (Å²) in [6.07, 6.45) is 2.78. The topological polar surface area (TPSA) is 51.0 Å². The number of rotatable bonds is 6. The maximum Gasteiger partial charge on any atom is 0.228 e. The van der Waals surface area contributed by atoms with E-state index in [4.69, 9.17) is 16.1 Å². The van der Waals surface area contributed by atoms with E-state index < -0.39 is 0 Å². The van der Waals surface area contributed by atoms with Crippen LogP contribution < -0.4 is 5.32 Å². The Morgan fingerprint density at radius 1 is 1.45 bits per heavy atom. The lowest BCUT2D eigenvalue weighted by atomic mass is 10.1. The molecule has 1 N–H and O–H groups in total. The van der Waals surface area contributed by atoms with Crippen LogP contribution in [0.15, 0.2) is 22.7 Å². The van der Waals surface area contributed by atoms with E-state index >= 15 is 0 Å². The van der Waals surface area contributed by atoms with Crippen molar-refractivity contribution in [2.75, 3.05) is 7.05 Å². The molecule has 0 fully saturated rings. The predicted octanol–water partition coefficient (Wildman–Crippen LogP) is 3.46. The molecule has 0 aliphatic rings. The second-order valence-electron chi connectivity index (χ2n) is 4.61. The molecule has 0 aliphatic carbocycles. The lowest BCUT2D eigenvalue weighted by Gasteiger charge is -2.11. The van der Waals surface area contributed by atoms with Gasteiger partial charge in [0.1, 0.15) is 5.82 Å². The SMILES string of the molecule is CCCC(Cc1nc(-c2ccc(F)cc2Cl)no1)NC. The second-order valence-corrected chi connectivity index (χ2v) is 5.02.